The van der Waals surface area contributed by atoms with Crippen molar-refractivity contribution >= 4 is 17.5 Å². The van der Waals surface area contributed by atoms with Crippen molar-refractivity contribution in [2.75, 3.05) is 0 Å². The molecule has 3 rings (SSSR count). The summed E-state index contributed by atoms with van der Waals surface area (Å²) in [6, 6.07) is 14.9. The van der Waals surface area contributed by atoms with E-state index >= 15 is 0 Å². The van der Waals surface area contributed by atoms with Crippen LogP contribution in [0.1, 0.15) is 51.6 Å². The zero-order chi connectivity index (χ0) is 19.4. The third kappa shape index (κ3) is 4.38. The first-order chi connectivity index (χ1) is 13.0. The predicted octanol–water partition coefficient (Wildman–Crippen LogP) is 5.31. The minimum atomic E-state index is -0.629. The number of ether oxygens (including phenoxy) is 2. The van der Waals surface area contributed by atoms with Gasteiger partial charge in [0, 0.05) is 17.0 Å². The number of carbonyl (C=O) groups excluding carboxylic acids is 1. The number of carbonyl (C=O) groups is 1. The summed E-state index contributed by atoms with van der Waals surface area (Å²) in [6.45, 7) is 6.00. The summed E-state index contributed by atoms with van der Waals surface area (Å²) >= 11 is 5.99. The van der Waals surface area contributed by atoms with E-state index < -0.39 is 6.10 Å². The Morgan fingerprint density at radius 1 is 1.26 bits per heavy atom. The van der Waals surface area contributed by atoms with Gasteiger partial charge < -0.3 is 14.8 Å². The van der Waals surface area contributed by atoms with Crippen LogP contribution in [-0.4, -0.2) is 17.6 Å². The number of amides is 1. The first-order valence-corrected chi connectivity index (χ1v) is 9.84. The van der Waals surface area contributed by atoms with Crippen LogP contribution in [0.5, 0.6) is 11.5 Å². The van der Waals surface area contributed by atoms with E-state index in [0.717, 1.165) is 30.6 Å². The normalized spacial score (nSPS) is 18.7. The summed E-state index contributed by atoms with van der Waals surface area (Å²) in [6.07, 6.45) is 1.89. The maximum absolute atomic E-state index is 12.8. The number of halogens is 1. The number of nitrogens with one attached hydrogen (secondary N) is 1. The number of hydrogen-bond donors (Lipinski definition) is 1. The molecule has 2 atom stereocenters. The molecule has 2 aromatic carbocycles. The molecule has 5 heteroatoms. The Hall–Kier alpha value is -2.20. The quantitative estimate of drug-likeness (QED) is 0.731. The van der Waals surface area contributed by atoms with Gasteiger partial charge in [0.05, 0.1) is 6.04 Å². The third-order valence-corrected chi connectivity index (χ3v) is 5.52. The lowest BCUT2D eigenvalue weighted by Gasteiger charge is -2.41. The molecule has 1 aliphatic heterocycles. The van der Waals surface area contributed by atoms with Gasteiger partial charge in [-0.3, -0.25) is 4.79 Å². The molecule has 2 aromatic rings. The molecule has 1 aliphatic rings. The third-order valence-electron chi connectivity index (χ3n) is 5.28. The minimum absolute atomic E-state index is 0.104. The molecular weight excluding hydrogens is 362 g/mol. The predicted molar refractivity (Wildman–Crippen MR) is 107 cm³/mol. The second-order valence-electron chi connectivity index (χ2n) is 7.01. The van der Waals surface area contributed by atoms with Gasteiger partial charge in [-0.1, -0.05) is 49.7 Å². The van der Waals surface area contributed by atoms with E-state index in [9.17, 15) is 4.79 Å². The van der Waals surface area contributed by atoms with Crippen LogP contribution in [0, 0.1) is 0 Å². The summed E-state index contributed by atoms with van der Waals surface area (Å²) < 4.78 is 12.1. The van der Waals surface area contributed by atoms with Gasteiger partial charge in [-0.15, -0.1) is 0 Å². The molecule has 144 valence electrons. The van der Waals surface area contributed by atoms with Crippen LogP contribution in [0.15, 0.2) is 48.5 Å². The summed E-state index contributed by atoms with van der Waals surface area (Å²) in [7, 11) is 0. The number of hydrogen-bond acceptors (Lipinski definition) is 3. The van der Waals surface area contributed by atoms with Gasteiger partial charge in [0.25, 0.3) is 5.91 Å². The van der Waals surface area contributed by atoms with Gasteiger partial charge in [-0.25, -0.2) is 0 Å². The largest absolute Gasteiger partial charge is 0.487 e. The van der Waals surface area contributed by atoms with Gasteiger partial charge >= 0.3 is 0 Å². The van der Waals surface area contributed by atoms with Gasteiger partial charge in [0.1, 0.15) is 17.1 Å². The molecule has 0 unspecified atom stereocenters. The molecule has 0 saturated carbocycles. The highest BCUT2D eigenvalue weighted by molar-refractivity contribution is 6.30. The highest BCUT2D eigenvalue weighted by Gasteiger charge is 2.39. The van der Waals surface area contributed by atoms with Crippen molar-refractivity contribution in [3.63, 3.8) is 0 Å². The fourth-order valence-electron chi connectivity index (χ4n) is 3.52. The zero-order valence-corrected chi connectivity index (χ0v) is 16.8. The van der Waals surface area contributed by atoms with Crippen molar-refractivity contribution in [1.82, 2.24) is 5.32 Å². The van der Waals surface area contributed by atoms with E-state index in [4.69, 9.17) is 21.1 Å². The number of para-hydroxylation sites is 1. The highest BCUT2D eigenvalue weighted by Crippen LogP contribution is 2.42. The maximum atomic E-state index is 12.8. The second kappa shape index (κ2) is 8.22. The smallest absolute Gasteiger partial charge is 0.261 e. The van der Waals surface area contributed by atoms with Crippen molar-refractivity contribution in [2.45, 2.75) is 57.8 Å². The molecule has 27 heavy (non-hydrogen) atoms. The van der Waals surface area contributed by atoms with Gasteiger partial charge in [0.2, 0.25) is 0 Å². The fourth-order valence-corrected chi connectivity index (χ4v) is 3.70. The molecule has 0 aromatic heterocycles. The molecular formula is C22H26ClNO3. The molecule has 0 bridgehead atoms. The zero-order valence-electron chi connectivity index (χ0n) is 16.0. The fraction of sp³-hybridized carbons (Fsp3) is 0.409. The van der Waals surface area contributed by atoms with Crippen LogP contribution in [0.25, 0.3) is 0 Å². The van der Waals surface area contributed by atoms with Gasteiger partial charge in [0.15, 0.2) is 6.10 Å². The van der Waals surface area contributed by atoms with E-state index in [0.29, 0.717) is 10.8 Å². The van der Waals surface area contributed by atoms with Crippen molar-refractivity contribution in [1.29, 1.82) is 0 Å². The Labute approximate surface area is 165 Å². The number of fused-ring (bicyclic) bond motifs is 1. The van der Waals surface area contributed by atoms with E-state index in [2.05, 4.69) is 19.2 Å². The molecule has 1 N–H and O–H groups in total. The van der Waals surface area contributed by atoms with Gasteiger partial charge in [-0.2, -0.15) is 0 Å². The van der Waals surface area contributed by atoms with Crippen LogP contribution in [0.3, 0.4) is 0 Å². The Balaban J connectivity index is 1.75. The highest BCUT2D eigenvalue weighted by atomic mass is 35.5. The van der Waals surface area contributed by atoms with Crippen molar-refractivity contribution in [3.8, 4) is 11.5 Å². The monoisotopic (exact) mass is 387 g/mol. The number of rotatable bonds is 6. The van der Waals surface area contributed by atoms with Crippen LogP contribution in [0.4, 0.5) is 0 Å². The lowest BCUT2D eigenvalue weighted by Crippen LogP contribution is -2.46. The SMILES string of the molecule is CCC1(CC)C[C@@H](NC(=O)[C@H](C)Oc2cccc(Cl)c2)c2ccccc2O1. The van der Waals surface area contributed by atoms with Crippen LogP contribution >= 0.6 is 11.6 Å². The van der Waals surface area contributed by atoms with Crippen LogP contribution in [0.2, 0.25) is 5.02 Å². The lowest BCUT2D eigenvalue weighted by molar-refractivity contribution is -0.128. The lowest BCUT2D eigenvalue weighted by atomic mass is 9.83. The second-order valence-corrected chi connectivity index (χ2v) is 7.45. The first kappa shape index (κ1) is 19.6. The Morgan fingerprint density at radius 2 is 2.00 bits per heavy atom. The van der Waals surface area contributed by atoms with Crippen molar-refractivity contribution in [3.05, 3.63) is 59.1 Å². The van der Waals surface area contributed by atoms with E-state index in [1.807, 2.05) is 24.3 Å². The molecule has 4 nitrogen and oxygen atoms in total. The first-order valence-electron chi connectivity index (χ1n) is 9.47. The van der Waals surface area contributed by atoms with Crippen LogP contribution in [-0.2, 0) is 4.79 Å². The molecule has 1 heterocycles. The molecule has 0 fully saturated rings. The Bertz CT molecular complexity index is 804. The Morgan fingerprint density at radius 3 is 2.70 bits per heavy atom. The average molecular weight is 388 g/mol. The van der Waals surface area contributed by atoms with E-state index in [1.165, 1.54) is 0 Å². The molecule has 0 radical (unpaired) electrons. The van der Waals surface area contributed by atoms with Crippen molar-refractivity contribution < 1.29 is 14.3 Å². The summed E-state index contributed by atoms with van der Waals surface area (Å²) in [5.74, 6) is 1.27. The summed E-state index contributed by atoms with van der Waals surface area (Å²) in [5, 5.41) is 3.73. The topological polar surface area (TPSA) is 47.6 Å². The van der Waals surface area contributed by atoms with Crippen LogP contribution < -0.4 is 14.8 Å². The molecule has 0 spiro atoms. The molecule has 0 aliphatic carbocycles. The summed E-state index contributed by atoms with van der Waals surface area (Å²) in [4.78, 5) is 12.8. The average Bonchev–Trinajstić information content (AvgIpc) is 2.67. The van der Waals surface area contributed by atoms with E-state index in [1.54, 1.807) is 31.2 Å². The van der Waals surface area contributed by atoms with E-state index in [-0.39, 0.29) is 17.6 Å². The standard InChI is InChI=1S/C22H26ClNO3/c1-4-22(5-2)14-19(18-11-6-7-12-20(18)27-22)24-21(25)15(3)26-17-10-8-9-16(23)13-17/h6-13,15,19H,4-5,14H2,1-3H3,(H,24,25)/t15-,19+/m0/s1. The van der Waals surface area contributed by atoms with Crippen molar-refractivity contribution in [2.24, 2.45) is 0 Å². The number of benzene rings is 2. The molecule has 1 amide bonds. The minimum Gasteiger partial charge on any atom is -0.487 e. The van der Waals surface area contributed by atoms with Gasteiger partial charge in [-0.05, 0) is 44.0 Å². The summed E-state index contributed by atoms with van der Waals surface area (Å²) in [5.41, 5.74) is 0.752. The molecule has 0 saturated heterocycles. The Kier molecular flexibility index (Phi) is 5.95. The maximum Gasteiger partial charge on any atom is 0.261 e.